The van der Waals surface area contributed by atoms with Gasteiger partial charge in [0.25, 0.3) is 0 Å². The smallest absolute Gasteiger partial charge is 0.434 e. The zero-order valence-electron chi connectivity index (χ0n) is 28.1. The average molecular weight is 587 g/mol. The molecule has 0 amide bonds. The second kappa shape index (κ2) is 37.3. The van der Waals surface area contributed by atoms with Gasteiger partial charge in [0.15, 0.2) is 0 Å². The lowest BCUT2D eigenvalue weighted by atomic mass is 10.1. The maximum atomic E-state index is 11.7. The summed E-state index contributed by atoms with van der Waals surface area (Å²) in [6, 6.07) is 0. The molecule has 0 saturated carbocycles. The molecule has 0 rings (SSSR count). The van der Waals surface area contributed by atoms with E-state index in [1.54, 1.807) is 0 Å². The van der Waals surface area contributed by atoms with E-state index in [-0.39, 0.29) is 0 Å². The molecule has 3 heteroatoms. The Kier molecular flexibility index (Phi) is 35.7. The Morgan fingerprint density at radius 1 is 0.381 bits per heavy atom. The number of carbonyl (C=O) groups excluding carboxylic acids is 1. The van der Waals surface area contributed by atoms with Crippen LogP contribution in [-0.4, -0.2) is 19.4 Å². The Labute approximate surface area is 262 Å². The highest BCUT2D eigenvalue weighted by atomic mass is 16.7. The molecule has 3 nitrogen and oxygen atoms in total. The summed E-state index contributed by atoms with van der Waals surface area (Å²) in [5.74, 6) is 0. The fraction of sp³-hybridized carbons (Fsp3) is 0.769. The first-order valence-corrected chi connectivity index (χ1v) is 18.2. The molecule has 0 heterocycles. The van der Waals surface area contributed by atoms with Gasteiger partial charge in [-0.15, -0.1) is 0 Å². The molecule has 0 bridgehead atoms. The molecule has 0 aromatic rings. The molecular weight excluding hydrogens is 516 g/mol. The Bertz CT molecular complexity index is 646. The van der Waals surface area contributed by atoms with Crippen molar-refractivity contribution in [1.82, 2.24) is 0 Å². The molecule has 0 radical (unpaired) electrons. The van der Waals surface area contributed by atoms with E-state index in [1.807, 2.05) is 0 Å². The van der Waals surface area contributed by atoms with Gasteiger partial charge in [0.05, 0.1) is 13.2 Å². The number of ether oxygens (including phenoxy) is 2. The van der Waals surface area contributed by atoms with Crippen molar-refractivity contribution in [3.63, 3.8) is 0 Å². The monoisotopic (exact) mass is 587 g/mol. The van der Waals surface area contributed by atoms with Crippen LogP contribution in [0.1, 0.15) is 181 Å². The largest absolute Gasteiger partial charge is 0.508 e. The molecule has 0 aliphatic heterocycles. The Hall–Kier alpha value is -1.77. The van der Waals surface area contributed by atoms with Gasteiger partial charge < -0.3 is 9.47 Å². The van der Waals surface area contributed by atoms with E-state index in [2.05, 4.69) is 62.5 Å². The van der Waals surface area contributed by atoms with Crippen LogP contribution in [0.15, 0.2) is 48.6 Å². The van der Waals surface area contributed by atoms with E-state index in [0.29, 0.717) is 13.2 Å². The minimum absolute atomic E-state index is 0.481. The van der Waals surface area contributed by atoms with Gasteiger partial charge in [0.2, 0.25) is 0 Å². The van der Waals surface area contributed by atoms with Crippen molar-refractivity contribution in [1.29, 1.82) is 0 Å². The second-order valence-electron chi connectivity index (χ2n) is 11.9. The Morgan fingerprint density at radius 2 is 0.714 bits per heavy atom. The molecule has 0 saturated heterocycles. The van der Waals surface area contributed by atoms with Gasteiger partial charge in [0, 0.05) is 0 Å². The molecule has 0 aromatic heterocycles. The lowest BCUT2D eigenvalue weighted by Gasteiger charge is -2.06. The number of allylic oxidation sites excluding steroid dienone is 8. The highest BCUT2D eigenvalue weighted by Gasteiger charge is 2.03. The van der Waals surface area contributed by atoms with Crippen LogP contribution in [-0.2, 0) is 9.47 Å². The summed E-state index contributed by atoms with van der Waals surface area (Å²) in [6.45, 7) is 5.47. The number of unbranched alkanes of at least 4 members (excludes halogenated alkanes) is 22. The molecule has 42 heavy (non-hydrogen) atoms. The summed E-state index contributed by atoms with van der Waals surface area (Å²) in [4.78, 5) is 11.7. The van der Waals surface area contributed by atoms with Crippen molar-refractivity contribution >= 4 is 6.16 Å². The molecule has 0 aromatic carbocycles. The fourth-order valence-electron chi connectivity index (χ4n) is 4.93. The summed E-state index contributed by atoms with van der Waals surface area (Å²) in [7, 11) is 0. The summed E-state index contributed by atoms with van der Waals surface area (Å²) in [6.07, 6.45) is 50.0. The fourth-order valence-corrected chi connectivity index (χ4v) is 4.93. The van der Waals surface area contributed by atoms with E-state index >= 15 is 0 Å². The second-order valence-corrected chi connectivity index (χ2v) is 11.9. The maximum Gasteiger partial charge on any atom is 0.508 e. The van der Waals surface area contributed by atoms with Crippen molar-refractivity contribution in [2.45, 2.75) is 181 Å². The van der Waals surface area contributed by atoms with Crippen LogP contribution in [0.4, 0.5) is 4.79 Å². The van der Waals surface area contributed by atoms with Crippen molar-refractivity contribution in [3.05, 3.63) is 48.6 Å². The van der Waals surface area contributed by atoms with E-state index in [4.69, 9.17) is 9.47 Å². The summed E-state index contributed by atoms with van der Waals surface area (Å²) in [5, 5.41) is 0. The Balaban J connectivity index is 3.27. The van der Waals surface area contributed by atoms with Crippen molar-refractivity contribution in [2.75, 3.05) is 13.2 Å². The van der Waals surface area contributed by atoms with Crippen molar-refractivity contribution in [3.8, 4) is 0 Å². The first-order valence-electron chi connectivity index (χ1n) is 18.2. The zero-order chi connectivity index (χ0) is 30.4. The minimum Gasteiger partial charge on any atom is -0.434 e. The molecule has 244 valence electrons. The quantitative estimate of drug-likeness (QED) is 0.0340. The molecular formula is C39H70O3. The third-order valence-electron chi connectivity index (χ3n) is 7.69. The first-order chi connectivity index (χ1) is 20.8. The molecule has 0 fully saturated rings. The van der Waals surface area contributed by atoms with Gasteiger partial charge in [-0.25, -0.2) is 4.79 Å². The van der Waals surface area contributed by atoms with Gasteiger partial charge in [-0.3, -0.25) is 0 Å². The van der Waals surface area contributed by atoms with Gasteiger partial charge >= 0.3 is 6.16 Å². The molecule has 0 spiro atoms. The summed E-state index contributed by atoms with van der Waals surface area (Å²) < 4.78 is 10.4. The highest BCUT2D eigenvalue weighted by Crippen LogP contribution is 2.12. The molecule has 0 N–H and O–H groups in total. The van der Waals surface area contributed by atoms with Crippen LogP contribution in [0.25, 0.3) is 0 Å². The van der Waals surface area contributed by atoms with Gasteiger partial charge in [-0.2, -0.15) is 0 Å². The normalized spacial score (nSPS) is 12.0. The van der Waals surface area contributed by atoms with E-state index in [1.165, 1.54) is 135 Å². The van der Waals surface area contributed by atoms with Crippen LogP contribution in [0.3, 0.4) is 0 Å². The Morgan fingerprint density at radius 3 is 1.14 bits per heavy atom. The van der Waals surface area contributed by atoms with Gasteiger partial charge in [0.1, 0.15) is 0 Å². The van der Waals surface area contributed by atoms with E-state index in [0.717, 1.165) is 32.1 Å². The number of rotatable bonds is 32. The number of carbonyl (C=O) groups is 1. The van der Waals surface area contributed by atoms with Gasteiger partial charge in [-0.1, -0.05) is 172 Å². The summed E-state index contributed by atoms with van der Waals surface area (Å²) in [5.41, 5.74) is 0. The number of hydrogen-bond donors (Lipinski definition) is 0. The van der Waals surface area contributed by atoms with Crippen LogP contribution in [0, 0.1) is 0 Å². The topological polar surface area (TPSA) is 35.5 Å². The SMILES string of the molecule is CCCCC=CC=CC=CCCCCCCCCOC(=O)OCCCCCCCCC=CCCCCCCCCCC. The first kappa shape index (κ1) is 40.2. The predicted octanol–water partition coefficient (Wildman–Crippen LogP) is 13.5. The van der Waals surface area contributed by atoms with E-state index in [9.17, 15) is 4.79 Å². The highest BCUT2D eigenvalue weighted by molar-refractivity contribution is 5.59. The standard InChI is InChI=1S/C39H70O3/c1-3-5-7-9-11-13-15-17-19-21-22-24-26-28-30-32-34-36-38-42-39(40)41-37-35-33-31-29-27-25-23-20-18-16-14-12-10-8-6-4-2/h10,12,14,16,18,20-22H,3-9,11,13,15,17,19,23-38H2,1-2H3. The number of hydrogen-bond acceptors (Lipinski definition) is 3. The lowest BCUT2D eigenvalue weighted by molar-refractivity contribution is 0.0529. The van der Waals surface area contributed by atoms with Crippen LogP contribution in [0.5, 0.6) is 0 Å². The van der Waals surface area contributed by atoms with E-state index < -0.39 is 6.16 Å². The van der Waals surface area contributed by atoms with Gasteiger partial charge in [-0.05, 0) is 57.8 Å². The molecule has 0 aliphatic rings. The van der Waals surface area contributed by atoms with Crippen LogP contribution in [0.2, 0.25) is 0 Å². The predicted molar refractivity (Wildman–Crippen MR) is 185 cm³/mol. The van der Waals surface area contributed by atoms with Crippen LogP contribution >= 0.6 is 0 Å². The minimum atomic E-state index is -0.494. The third-order valence-corrected chi connectivity index (χ3v) is 7.69. The average Bonchev–Trinajstić information content (AvgIpc) is 3.00. The third kappa shape index (κ3) is 36.3. The van der Waals surface area contributed by atoms with Crippen molar-refractivity contribution < 1.29 is 14.3 Å². The van der Waals surface area contributed by atoms with Crippen molar-refractivity contribution in [2.24, 2.45) is 0 Å². The molecule has 0 atom stereocenters. The van der Waals surface area contributed by atoms with Crippen LogP contribution < -0.4 is 0 Å². The summed E-state index contributed by atoms with van der Waals surface area (Å²) >= 11 is 0. The molecule has 0 aliphatic carbocycles. The lowest BCUT2D eigenvalue weighted by Crippen LogP contribution is -2.09. The maximum absolute atomic E-state index is 11.7. The molecule has 0 unspecified atom stereocenters. The zero-order valence-corrected chi connectivity index (χ0v) is 28.1.